The summed E-state index contributed by atoms with van der Waals surface area (Å²) < 4.78 is 5.51. The molecule has 0 saturated carbocycles. The molecule has 0 bridgehead atoms. The van der Waals surface area contributed by atoms with Gasteiger partial charge in [-0.15, -0.1) is 11.8 Å². The van der Waals surface area contributed by atoms with Crippen molar-refractivity contribution in [2.24, 2.45) is 5.41 Å². The molecule has 20 heavy (non-hydrogen) atoms. The molecule has 3 heteroatoms. The third kappa shape index (κ3) is 3.21. The lowest BCUT2D eigenvalue weighted by molar-refractivity contribution is 0.0374. The van der Waals surface area contributed by atoms with E-state index in [4.69, 9.17) is 4.74 Å². The second-order valence-electron chi connectivity index (χ2n) is 5.54. The normalized spacial score (nSPS) is 18.2. The summed E-state index contributed by atoms with van der Waals surface area (Å²) in [6.07, 6.45) is 2.33. The summed E-state index contributed by atoms with van der Waals surface area (Å²) in [5.41, 5.74) is 0.397. The molecule has 0 N–H and O–H groups in total. The monoisotopic (exact) mass is 350 g/mol. The van der Waals surface area contributed by atoms with Gasteiger partial charge in [-0.2, -0.15) is 0 Å². The minimum Gasteiger partial charge on any atom is -0.381 e. The van der Waals surface area contributed by atoms with Crippen molar-refractivity contribution in [3.63, 3.8) is 0 Å². The smallest absolute Gasteiger partial charge is 0.0471 e. The molecule has 106 valence electrons. The Labute approximate surface area is 133 Å². The summed E-state index contributed by atoms with van der Waals surface area (Å²) in [4.78, 5) is 1.37. The lowest BCUT2D eigenvalue weighted by Gasteiger charge is -2.35. The summed E-state index contributed by atoms with van der Waals surface area (Å²) >= 11 is 5.69. The highest BCUT2D eigenvalue weighted by molar-refractivity contribution is 9.09. The van der Waals surface area contributed by atoms with E-state index in [1.54, 1.807) is 0 Å². The van der Waals surface area contributed by atoms with Gasteiger partial charge in [0.2, 0.25) is 0 Å². The molecule has 2 aromatic carbocycles. The van der Waals surface area contributed by atoms with E-state index in [1.165, 1.54) is 34.3 Å². The van der Waals surface area contributed by atoms with Crippen LogP contribution in [0.5, 0.6) is 0 Å². The minimum atomic E-state index is 0.397. The fourth-order valence-electron chi connectivity index (χ4n) is 2.61. The van der Waals surface area contributed by atoms with Gasteiger partial charge < -0.3 is 4.74 Å². The highest BCUT2D eigenvalue weighted by Crippen LogP contribution is 2.38. The number of halogens is 1. The summed E-state index contributed by atoms with van der Waals surface area (Å²) in [5.74, 6) is 1.17. The molecule has 1 aliphatic rings. The van der Waals surface area contributed by atoms with E-state index >= 15 is 0 Å². The van der Waals surface area contributed by atoms with Crippen molar-refractivity contribution in [2.75, 3.05) is 24.3 Å². The topological polar surface area (TPSA) is 9.23 Å². The minimum absolute atomic E-state index is 0.397. The number of fused-ring (bicyclic) bond motifs is 1. The van der Waals surface area contributed by atoms with Gasteiger partial charge in [0.1, 0.15) is 0 Å². The van der Waals surface area contributed by atoms with Gasteiger partial charge in [-0.3, -0.25) is 0 Å². The van der Waals surface area contributed by atoms with E-state index in [0.717, 1.165) is 18.5 Å². The second-order valence-corrected chi connectivity index (χ2v) is 7.15. The number of hydrogen-bond acceptors (Lipinski definition) is 2. The van der Waals surface area contributed by atoms with E-state index in [9.17, 15) is 0 Å². The van der Waals surface area contributed by atoms with Crippen LogP contribution in [-0.4, -0.2) is 24.3 Å². The van der Waals surface area contributed by atoms with Crippen molar-refractivity contribution in [2.45, 2.75) is 17.7 Å². The van der Waals surface area contributed by atoms with Crippen molar-refractivity contribution in [3.8, 4) is 0 Å². The van der Waals surface area contributed by atoms with Gasteiger partial charge in [-0.25, -0.2) is 0 Å². The molecule has 0 aliphatic carbocycles. The molecular formula is C17H19BrOS. The molecule has 1 aliphatic heterocycles. The van der Waals surface area contributed by atoms with Crippen LogP contribution in [0.1, 0.15) is 12.8 Å². The third-order valence-corrected chi connectivity index (χ3v) is 6.64. The average Bonchev–Trinajstić information content (AvgIpc) is 2.54. The standard InChI is InChI=1S/C17H19BrOS/c18-12-17(7-9-19-10-8-17)13-20-16-6-5-14-3-1-2-4-15(14)11-16/h1-6,11H,7-10,12-13H2. The molecule has 2 aromatic rings. The van der Waals surface area contributed by atoms with E-state index in [0.29, 0.717) is 5.41 Å². The van der Waals surface area contributed by atoms with Crippen molar-refractivity contribution in [1.29, 1.82) is 0 Å². The highest BCUT2D eigenvalue weighted by atomic mass is 79.9. The molecule has 0 radical (unpaired) electrons. The van der Waals surface area contributed by atoms with Crippen molar-refractivity contribution in [1.82, 2.24) is 0 Å². The van der Waals surface area contributed by atoms with Gasteiger partial charge in [-0.05, 0) is 41.2 Å². The van der Waals surface area contributed by atoms with Crippen LogP contribution in [0.3, 0.4) is 0 Å². The van der Waals surface area contributed by atoms with Crippen LogP contribution < -0.4 is 0 Å². The zero-order valence-electron chi connectivity index (χ0n) is 11.5. The van der Waals surface area contributed by atoms with Crippen LogP contribution in [0, 0.1) is 5.41 Å². The first kappa shape index (κ1) is 14.4. The number of rotatable bonds is 4. The zero-order chi connectivity index (χ0) is 13.8. The number of ether oxygens (including phenoxy) is 1. The first-order chi connectivity index (χ1) is 9.81. The summed E-state index contributed by atoms with van der Waals surface area (Å²) in [5, 5.41) is 3.72. The Balaban J connectivity index is 1.72. The predicted molar refractivity (Wildman–Crippen MR) is 91.0 cm³/mol. The van der Waals surface area contributed by atoms with Crippen LogP contribution in [0.4, 0.5) is 0 Å². The summed E-state index contributed by atoms with van der Waals surface area (Å²) in [6, 6.07) is 15.3. The first-order valence-electron chi connectivity index (χ1n) is 7.07. The Hall–Kier alpha value is -0.510. The summed E-state index contributed by atoms with van der Waals surface area (Å²) in [6.45, 7) is 1.81. The Morgan fingerprint density at radius 3 is 2.55 bits per heavy atom. The Morgan fingerprint density at radius 2 is 1.80 bits per heavy atom. The van der Waals surface area contributed by atoms with E-state index in [-0.39, 0.29) is 0 Å². The molecular weight excluding hydrogens is 332 g/mol. The number of benzene rings is 2. The second kappa shape index (κ2) is 6.50. The van der Waals surface area contributed by atoms with Gasteiger partial charge in [0.15, 0.2) is 0 Å². The van der Waals surface area contributed by atoms with E-state index < -0.39 is 0 Å². The Morgan fingerprint density at radius 1 is 1.05 bits per heavy atom. The Kier molecular flexibility index (Phi) is 4.69. The van der Waals surface area contributed by atoms with Crippen molar-refractivity contribution < 1.29 is 4.74 Å². The van der Waals surface area contributed by atoms with Crippen molar-refractivity contribution in [3.05, 3.63) is 42.5 Å². The summed E-state index contributed by atoms with van der Waals surface area (Å²) in [7, 11) is 0. The molecule has 0 amide bonds. The SMILES string of the molecule is BrCC1(CSc2ccc3ccccc3c2)CCOCC1. The lowest BCUT2D eigenvalue weighted by atomic mass is 9.85. The number of thioether (sulfide) groups is 1. The maximum absolute atomic E-state index is 5.51. The molecule has 1 saturated heterocycles. The number of hydrogen-bond donors (Lipinski definition) is 0. The average molecular weight is 351 g/mol. The first-order valence-corrected chi connectivity index (χ1v) is 9.17. The molecule has 0 unspecified atom stereocenters. The van der Waals surface area contributed by atoms with Gasteiger partial charge in [0.05, 0.1) is 0 Å². The Bertz CT molecular complexity index is 578. The van der Waals surface area contributed by atoms with Gasteiger partial charge in [0, 0.05) is 29.2 Å². The lowest BCUT2D eigenvalue weighted by Crippen LogP contribution is -2.33. The van der Waals surface area contributed by atoms with Gasteiger partial charge >= 0.3 is 0 Å². The van der Waals surface area contributed by atoms with E-state index in [1.807, 2.05) is 11.8 Å². The quantitative estimate of drug-likeness (QED) is 0.558. The maximum atomic E-state index is 5.51. The zero-order valence-corrected chi connectivity index (χ0v) is 13.9. The molecule has 0 aromatic heterocycles. The van der Waals surface area contributed by atoms with E-state index in [2.05, 4.69) is 58.4 Å². The number of alkyl halides is 1. The fourth-order valence-corrected chi connectivity index (χ4v) is 4.87. The largest absolute Gasteiger partial charge is 0.381 e. The molecule has 0 spiro atoms. The predicted octanol–water partition coefficient (Wildman–Crippen LogP) is 5.12. The molecule has 1 heterocycles. The van der Waals surface area contributed by atoms with Crippen LogP contribution in [0.25, 0.3) is 10.8 Å². The van der Waals surface area contributed by atoms with Crippen LogP contribution in [0.15, 0.2) is 47.4 Å². The third-order valence-electron chi connectivity index (χ3n) is 4.10. The molecule has 1 fully saturated rings. The fraction of sp³-hybridized carbons (Fsp3) is 0.412. The van der Waals surface area contributed by atoms with Crippen molar-refractivity contribution >= 4 is 38.5 Å². The highest BCUT2D eigenvalue weighted by Gasteiger charge is 2.31. The molecule has 0 atom stereocenters. The van der Waals surface area contributed by atoms with Crippen LogP contribution in [-0.2, 0) is 4.74 Å². The molecule has 1 nitrogen and oxygen atoms in total. The van der Waals surface area contributed by atoms with Crippen LogP contribution in [0.2, 0.25) is 0 Å². The van der Waals surface area contributed by atoms with Gasteiger partial charge in [-0.1, -0.05) is 46.3 Å². The van der Waals surface area contributed by atoms with Crippen LogP contribution >= 0.6 is 27.7 Å². The van der Waals surface area contributed by atoms with Gasteiger partial charge in [0.25, 0.3) is 0 Å². The molecule has 3 rings (SSSR count). The maximum Gasteiger partial charge on any atom is 0.0471 e.